The maximum Gasteiger partial charge on any atom is 0.289 e. The van der Waals surface area contributed by atoms with Gasteiger partial charge in [-0.25, -0.2) is 8.42 Å². The summed E-state index contributed by atoms with van der Waals surface area (Å²) in [5.41, 5.74) is -0.888. The number of hydrogen-bond donors (Lipinski definition) is 0. The maximum absolute atomic E-state index is 11.0. The smallest absolute Gasteiger partial charge is 0.289 e. The standard InChI is InChI=1S/C7H3Cl2NO5S/c8-7-5(10(12)13)1-4(3-11)2-6(7)16(9,14)15/h1-3H. The van der Waals surface area contributed by atoms with Gasteiger partial charge in [0.05, 0.1) is 4.92 Å². The largest absolute Gasteiger partial charge is 0.298 e. The Labute approximate surface area is 99.3 Å². The average molecular weight is 284 g/mol. The predicted octanol–water partition coefficient (Wildman–Crippen LogP) is 1.99. The zero-order chi connectivity index (χ0) is 12.5. The van der Waals surface area contributed by atoms with Crippen molar-refractivity contribution in [1.82, 2.24) is 0 Å². The van der Waals surface area contributed by atoms with Crippen LogP contribution in [0.5, 0.6) is 0 Å². The number of carbonyl (C=O) groups excluding carboxylic acids is 1. The fourth-order valence-corrected chi connectivity index (χ4v) is 2.54. The van der Waals surface area contributed by atoms with E-state index in [4.69, 9.17) is 22.3 Å². The number of benzene rings is 1. The molecule has 0 aromatic heterocycles. The summed E-state index contributed by atoms with van der Waals surface area (Å²) in [5, 5.41) is 9.92. The van der Waals surface area contributed by atoms with Crippen LogP contribution in [-0.2, 0) is 9.05 Å². The zero-order valence-electron chi connectivity index (χ0n) is 7.38. The van der Waals surface area contributed by atoms with Crippen molar-refractivity contribution in [2.45, 2.75) is 4.90 Å². The van der Waals surface area contributed by atoms with E-state index in [0.717, 1.165) is 12.1 Å². The van der Waals surface area contributed by atoms with Gasteiger partial charge in [0.2, 0.25) is 0 Å². The number of hydrogen-bond acceptors (Lipinski definition) is 5. The van der Waals surface area contributed by atoms with Crippen LogP contribution in [0, 0.1) is 10.1 Å². The minimum absolute atomic E-state index is 0.199. The predicted molar refractivity (Wildman–Crippen MR) is 56.5 cm³/mol. The molecule has 0 aliphatic carbocycles. The highest BCUT2D eigenvalue weighted by atomic mass is 35.7. The monoisotopic (exact) mass is 283 g/mol. The lowest BCUT2D eigenvalue weighted by Crippen LogP contribution is -1.99. The highest BCUT2D eigenvalue weighted by molar-refractivity contribution is 8.13. The molecule has 9 heteroatoms. The first kappa shape index (κ1) is 12.9. The minimum Gasteiger partial charge on any atom is -0.298 e. The van der Waals surface area contributed by atoms with Crippen molar-refractivity contribution >= 4 is 43.3 Å². The maximum atomic E-state index is 11.0. The van der Waals surface area contributed by atoms with E-state index in [1.165, 1.54) is 0 Å². The molecule has 0 N–H and O–H groups in total. The summed E-state index contributed by atoms with van der Waals surface area (Å²) in [6.07, 6.45) is 0.259. The van der Waals surface area contributed by atoms with Crippen LogP contribution in [0.2, 0.25) is 5.02 Å². The lowest BCUT2D eigenvalue weighted by atomic mass is 10.2. The Kier molecular flexibility index (Phi) is 3.51. The molecular formula is C7H3Cl2NO5S. The highest BCUT2D eigenvalue weighted by Gasteiger charge is 2.24. The minimum atomic E-state index is -4.25. The molecule has 0 unspecified atom stereocenters. The lowest BCUT2D eigenvalue weighted by molar-refractivity contribution is -0.384. The summed E-state index contributed by atoms with van der Waals surface area (Å²) in [5.74, 6) is 0. The molecule has 0 aliphatic heterocycles. The van der Waals surface area contributed by atoms with Gasteiger partial charge in [0.15, 0.2) is 0 Å². The molecule has 0 amide bonds. The molecule has 0 saturated carbocycles. The van der Waals surface area contributed by atoms with Gasteiger partial charge in [-0.15, -0.1) is 0 Å². The van der Waals surface area contributed by atoms with E-state index in [-0.39, 0.29) is 11.8 Å². The number of aldehydes is 1. The van der Waals surface area contributed by atoms with Crippen molar-refractivity contribution in [2.75, 3.05) is 0 Å². The van der Waals surface area contributed by atoms with Gasteiger partial charge in [-0.2, -0.15) is 0 Å². The third-order valence-electron chi connectivity index (χ3n) is 1.64. The highest BCUT2D eigenvalue weighted by Crippen LogP contribution is 2.33. The Balaban J connectivity index is 3.69. The van der Waals surface area contributed by atoms with Crippen molar-refractivity contribution in [2.24, 2.45) is 0 Å². The van der Waals surface area contributed by atoms with E-state index in [1.807, 2.05) is 0 Å². The summed E-state index contributed by atoms with van der Waals surface area (Å²) in [4.78, 5) is 19.4. The van der Waals surface area contributed by atoms with E-state index < -0.39 is 29.6 Å². The molecule has 0 bridgehead atoms. The average Bonchev–Trinajstić information content (AvgIpc) is 2.15. The first-order valence-electron chi connectivity index (χ1n) is 3.65. The Morgan fingerprint density at radius 2 is 1.94 bits per heavy atom. The molecule has 0 heterocycles. The van der Waals surface area contributed by atoms with E-state index in [2.05, 4.69) is 0 Å². The summed E-state index contributed by atoms with van der Waals surface area (Å²) < 4.78 is 22.1. The van der Waals surface area contributed by atoms with Crippen LogP contribution in [-0.4, -0.2) is 19.6 Å². The van der Waals surface area contributed by atoms with Gasteiger partial charge in [-0.05, 0) is 6.07 Å². The normalized spacial score (nSPS) is 11.1. The van der Waals surface area contributed by atoms with Gasteiger partial charge in [-0.3, -0.25) is 14.9 Å². The second kappa shape index (κ2) is 4.36. The number of nitrogens with zero attached hydrogens (tertiary/aromatic N) is 1. The second-order valence-corrected chi connectivity index (χ2v) is 5.58. The molecule has 1 rings (SSSR count). The molecule has 1 aromatic carbocycles. The first-order valence-corrected chi connectivity index (χ1v) is 6.34. The molecule has 6 nitrogen and oxygen atoms in total. The molecule has 0 radical (unpaired) electrons. The quantitative estimate of drug-likeness (QED) is 0.366. The van der Waals surface area contributed by atoms with Gasteiger partial charge in [0.25, 0.3) is 14.7 Å². The van der Waals surface area contributed by atoms with Crippen molar-refractivity contribution in [1.29, 1.82) is 0 Å². The van der Waals surface area contributed by atoms with Crippen LogP contribution in [0.15, 0.2) is 17.0 Å². The summed E-state index contributed by atoms with van der Waals surface area (Å²) >= 11 is 5.50. The van der Waals surface area contributed by atoms with E-state index in [0.29, 0.717) is 0 Å². The SMILES string of the molecule is O=Cc1cc([N+](=O)[O-])c(Cl)c(S(=O)(=O)Cl)c1. The van der Waals surface area contributed by atoms with Crippen LogP contribution in [0.25, 0.3) is 0 Å². The number of halogens is 2. The van der Waals surface area contributed by atoms with Crippen molar-refractivity contribution < 1.29 is 18.1 Å². The van der Waals surface area contributed by atoms with E-state index in [9.17, 15) is 23.3 Å². The summed E-state index contributed by atoms with van der Waals surface area (Å²) in [6.45, 7) is 0. The molecule has 0 aliphatic rings. The van der Waals surface area contributed by atoms with Crippen molar-refractivity contribution in [3.63, 3.8) is 0 Å². The molecule has 1 aromatic rings. The number of nitro groups is 1. The number of nitro benzene ring substituents is 1. The van der Waals surface area contributed by atoms with Gasteiger partial charge >= 0.3 is 0 Å². The Morgan fingerprint density at radius 1 is 1.38 bits per heavy atom. The van der Waals surface area contributed by atoms with Gasteiger partial charge in [0.1, 0.15) is 16.2 Å². The van der Waals surface area contributed by atoms with Crippen LogP contribution in [0.4, 0.5) is 5.69 Å². The summed E-state index contributed by atoms with van der Waals surface area (Å²) in [6, 6.07) is 1.73. The third kappa shape index (κ3) is 2.49. The van der Waals surface area contributed by atoms with Gasteiger partial charge in [0, 0.05) is 22.3 Å². The van der Waals surface area contributed by atoms with E-state index >= 15 is 0 Å². The van der Waals surface area contributed by atoms with Crippen molar-refractivity contribution in [3.05, 3.63) is 32.8 Å². The van der Waals surface area contributed by atoms with Crippen LogP contribution in [0.3, 0.4) is 0 Å². The topological polar surface area (TPSA) is 94.3 Å². The zero-order valence-corrected chi connectivity index (χ0v) is 9.71. The molecule has 0 fully saturated rings. The lowest BCUT2D eigenvalue weighted by Gasteiger charge is -2.02. The van der Waals surface area contributed by atoms with Crippen molar-refractivity contribution in [3.8, 4) is 0 Å². The van der Waals surface area contributed by atoms with Gasteiger partial charge < -0.3 is 0 Å². The fraction of sp³-hybridized carbons (Fsp3) is 0. The Hall–Kier alpha value is -1.18. The molecule has 0 atom stereocenters. The van der Waals surface area contributed by atoms with Gasteiger partial charge in [-0.1, -0.05) is 11.6 Å². The van der Waals surface area contributed by atoms with Crippen LogP contribution >= 0.6 is 22.3 Å². The molecule has 0 spiro atoms. The summed E-state index contributed by atoms with van der Waals surface area (Å²) in [7, 11) is 0.774. The molecule has 86 valence electrons. The molecule has 0 saturated heterocycles. The molecular weight excluding hydrogens is 281 g/mol. The number of carbonyl (C=O) groups is 1. The Bertz CT molecular complexity index is 568. The third-order valence-corrected chi connectivity index (χ3v) is 3.49. The Morgan fingerprint density at radius 3 is 2.31 bits per heavy atom. The second-order valence-electron chi connectivity index (χ2n) is 2.66. The van der Waals surface area contributed by atoms with Crippen LogP contribution in [0.1, 0.15) is 10.4 Å². The molecule has 16 heavy (non-hydrogen) atoms. The number of rotatable bonds is 3. The van der Waals surface area contributed by atoms with E-state index in [1.54, 1.807) is 0 Å². The first-order chi connectivity index (χ1) is 7.27. The van der Waals surface area contributed by atoms with Crippen LogP contribution < -0.4 is 0 Å². The fourth-order valence-electron chi connectivity index (χ4n) is 0.982.